The van der Waals surface area contributed by atoms with Crippen LogP contribution in [0.3, 0.4) is 0 Å². The molecule has 0 saturated heterocycles. The first kappa shape index (κ1) is 11.0. The molecule has 0 amide bonds. The van der Waals surface area contributed by atoms with Gasteiger partial charge in [0.25, 0.3) is 5.92 Å². The van der Waals surface area contributed by atoms with Gasteiger partial charge in [0.1, 0.15) is 18.5 Å². The summed E-state index contributed by atoms with van der Waals surface area (Å²) in [7, 11) is 0. The monoisotopic (exact) mass is 206 g/mol. The van der Waals surface area contributed by atoms with E-state index >= 15 is 0 Å². The summed E-state index contributed by atoms with van der Waals surface area (Å²) in [5, 5.41) is 17.4. The zero-order valence-corrected chi connectivity index (χ0v) is 7.12. The number of benzene rings is 1. The Kier molecular flexibility index (Phi) is 3.13. The quantitative estimate of drug-likeness (QED) is 0.786. The van der Waals surface area contributed by atoms with Gasteiger partial charge >= 0.3 is 0 Å². The molecule has 0 radical (unpaired) electrons. The molecule has 5 heteroatoms. The van der Waals surface area contributed by atoms with E-state index in [-0.39, 0.29) is 5.56 Å². The number of rotatable bonds is 3. The maximum absolute atomic E-state index is 12.7. The highest BCUT2D eigenvalue weighted by Crippen LogP contribution is 2.30. The molecule has 0 unspecified atom stereocenters. The summed E-state index contributed by atoms with van der Waals surface area (Å²) in [5.74, 6) is -4.37. The van der Waals surface area contributed by atoms with Crippen molar-refractivity contribution in [3.63, 3.8) is 0 Å². The van der Waals surface area contributed by atoms with Crippen LogP contribution in [0.2, 0.25) is 0 Å². The maximum Gasteiger partial charge on any atom is 0.300 e. The topological polar surface area (TPSA) is 40.5 Å². The fourth-order valence-electron chi connectivity index (χ4n) is 1.01. The van der Waals surface area contributed by atoms with Crippen molar-refractivity contribution >= 4 is 0 Å². The average Bonchev–Trinajstić information content (AvgIpc) is 2.16. The van der Waals surface area contributed by atoms with Crippen molar-refractivity contribution in [1.82, 2.24) is 0 Å². The minimum absolute atomic E-state index is 0.260. The van der Waals surface area contributed by atoms with E-state index < -0.39 is 24.5 Å². The third-order valence-corrected chi connectivity index (χ3v) is 1.78. The molecule has 0 saturated carbocycles. The van der Waals surface area contributed by atoms with Crippen LogP contribution in [0.15, 0.2) is 24.3 Å². The van der Waals surface area contributed by atoms with Crippen LogP contribution in [-0.4, -0.2) is 22.7 Å². The molecule has 0 aliphatic carbocycles. The molecule has 0 heterocycles. The number of aliphatic hydroxyl groups is 2. The Bertz CT molecular complexity index is 315. The fraction of sp³-hybridized carbons (Fsp3) is 0.333. The van der Waals surface area contributed by atoms with Crippen LogP contribution >= 0.6 is 0 Å². The molecule has 0 bridgehead atoms. The Labute approximate surface area is 78.6 Å². The van der Waals surface area contributed by atoms with E-state index in [4.69, 9.17) is 10.2 Å². The second-order valence-electron chi connectivity index (χ2n) is 2.88. The van der Waals surface area contributed by atoms with Gasteiger partial charge in [-0.25, -0.2) is 13.2 Å². The summed E-state index contributed by atoms with van der Waals surface area (Å²) in [5.41, 5.74) is -0.260. The first-order chi connectivity index (χ1) is 6.47. The Morgan fingerprint density at radius 1 is 1.36 bits per heavy atom. The summed E-state index contributed by atoms with van der Waals surface area (Å²) in [4.78, 5) is 0. The molecule has 0 spiro atoms. The van der Waals surface area contributed by atoms with E-state index in [2.05, 4.69) is 0 Å². The Balaban J connectivity index is 2.94. The number of hydrogen-bond acceptors (Lipinski definition) is 2. The molecule has 1 atom stereocenters. The molecule has 14 heavy (non-hydrogen) atoms. The molecule has 1 rings (SSSR count). The van der Waals surface area contributed by atoms with Gasteiger partial charge in [-0.3, -0.25) is 0 Å². The van der Waals surface area contributed by atoms with Gasteiger partial charge < -0.3 is 10.2 Å². The third kappa shape index (κ3) is 2.24. The molecule has 1 aromatic carbocycles. The van der Waals surface area contributed by atoms with Crippen LogP contribution in [0.4, 0.5) is 13.2 Å². The molecule has 78 valence electrons. The Morgan fingerprint density at radius 2 is 2.00 bits per heavy atom. The van der Waals surface area contributed by atoms with Crippen molar-refractivity contribution in [2.45, 2.75) is 12.0 Å². The summed E-state index contributed by atoms with van der Waals surface area (Å²) < 4.78 is 38.1. The molecule has 2 nitrogen and oxygen atoms in total. The van der Waals surface area contributed by atoms with Crippen LogP contribution in [0.25, 0.3) is 0 Å². The molecule has 0 aliphatic heterocycles. The van der Waals surface area contributed by atoms with Gasteiger partial charge in [-0.2, -0.15) is 0 Å². The van der Waals surface area contributed by atoms with Crippen molar-refractivity contribution in [2.24, 2.45) is 0 Å². The predicted molar refractivity (Wildman–Crippen MR) is 43.4 cm³/mol. The Hall–Kier alpha value is -1.07. The molecule has 0 fully saturated rings. The van der Waals surface area contributed by atoms with Gasteiger partial charge in [0, 0.05) is 0 Å². The highest BCUT2D eigenvalue weighted by Gasteiger charge is 2.38. The number of halogens is 3. The minimum atomic E-state index is -3.66. The van der Waals surface area contributed by atoms with E-state index in [1.807, 2.05) is 0 Å². The van der Waals surface area contributed by atoms with E-state index in [1.54, 1.807) is 0 Å². The van der Waals surface area contributed by atoms with Crippen molar-refractivity contribution in [3.05, 3.63) is 35.6 Å². The van der Waals surface area contributed by atoms with Crippen LogP contribution < -0.4 is 0 Å². The summed E-state index contributed by atoms with van der Waals surface area (Å²) in [6.07, 6.45) is -2.19. The summed E-state index contributed by atoms with van der Waals surface area (Å²) in [6, 6.07) is 4.25. The van der Waals surface area contributed by atoms with Crippen molar-refractivity contribution < 1.29 is 23.4 Å². The number of aliphatic hydroxyl groups excluding tert-OH is 2. The van der Waals surface area contributed by atoms with Crippen LogP contribution in [0.1, 0.15) is 11.7 Å². The number of alkyl halides is 2. The normalized spacial score (nSPS) is 14.1. The van der Waals surface area contributed by atoms with Gasteiger partial charge in [-0.05, 0) is 17.7 Å². The molecule has 1 aromatic rings. The summed E-state index contributed by atoms with van der Waals surface area (Å²) >= 11 is 0. The van der Waals surface area contributed by atoms with Gasteiger partial charge in [0.05, 0.1) is 0 Å². The molecular formula is C9H9F3O2. The van der Waals surface area contributed by atoms with Crippen LogP contribution in [0, 0.1) is 5.82 Å². The smallest absolute Gasteiger partial charge is 0.300 e. The standard InChI is InChI=1S/C9H9F3O2/c10-7-3-1-2-6(4-7)8(14)9(11,12)5-13/h1-4,8,13-14H,5H2/t8-/m0/s1. The lowest BCUT2D eigenvalue weighted by atomic mass is 10.0. The van der Waals surface area contributed by atoms with Crippen molar-refractivity contribution in [1.29, 1.82) is 0 Å². The fourth-order valence-corrected chi connectivity index (χ4v) is 1.01. The van der Waals surface area contributed by atoms with E-state index in [0.717, 1.165) is 18.2 Å². The Morgan fingerprint density at radius 3 is 2.50 bits per heavy atom. The van der Waals surface area contributed by atoms with Crippen LogP contribution in [0.5, 0.6) is 0 Å². The van der Waals surface area contributed by atoms with E-state index in [9.17, 15) is 13.2 Å². The largest absolute Gasteiger partial charge is 0.390 e. The lowest BCUT2D eigenvalue weighted by Crippen LogP contribution is -2.30. The lowest BCUT2D eigenvalue weighted by Gasteiger charge is -2.20. The van der Waals surface area contributed by atoms with Crippen LogP contribution in [-0.2, 0) is 0 Å². The minimum Gasteiger partial charge on any atom is -0.390 e. The van der Waals surface area contributed by atoms with E-state index in [0.29, 0.717) is 0 Å². The van der Waals surface area contributed by atoms with E-state index in [1.165, 1.54) is 6.07 Å². The first-order valence-corrected chi connectivity index (χ1v) is 3.89. The molecule has 0 aliphatic rings. The second-order valence-corrected chi connectivity index (χ2v) is 2.88. The second kappa shape index (κ2) is 3.98. The van der Waals surface area contributed by atoms with Gasteiger partial charge in [0.2, 0.25) is 0 Å². The zero-order chi connectivity index (χ0) is 10.8. The zero-order valence-electron chi connectivity index (χ0n) is 7.12. The highest BCUT2D eigenvalue weighted by molar-refractivity contribution is 5.20. The maximum atomic E-state index is 12.7. The first-order valence-electron chi connectivity index (χ1n) is 3.89. The van der Waals surface area contributed by atoms with Gasteiger partial charge in [-0.15, -0.1) is 0 Å². The SMILES string of the molecule is OCC(F)(F)[C@@H](O)c1cccc(F)c1. The molecule has 2 N–H and O–H groups in total. The highest BCUT2D eigenvalue weighted by atomic mass is 19.3. The molecule has 0 aromatic heterocycles. The number of hydrogen-bond donors (Lipinski definition) is 2. The molecular weight excluding hydrogens is 197 g/mol. The van der Waals surface area contributed by atoms with Crippen molar-refractivity contribution in [2.75, 3.05) is 6.61 Å². The summed E-state index contributed by atoms with van der Waals surface area (Å²) in [6.45, 7) is -1.48. The third-order valence-electron chi connectivity index (χ3n) is 1.78. The predicted octanol–water partition coefficient (Wildman–Crippen LogP) is 1.49. The average molecular weight is 206 g/mol. The van der Waals surface area contributed by atoms with Crippen molar-refractivity contribution in [3.8, 4) is 0 Å². The van der Waals surface area contributed by atoms with Gasteiger partial charge in [-0.1, -0.05) is 12.1 Å². The van der Waals surface area contributed by atoms with Gasteiger partial charge in [0.15, 0.2) is 0 Å². The lowest BCUT2D eigenvalue weighted by molar-refractivity contribution is -0.138.